The van der Waals surface area contributed by atoms with E-state index in [0.717, 1.165) is 12.0 Å². The van der Waals surface area contributed by atoms with E-state index in [9.17, 15) is 9.59 Å². The SMILES string of the molecule is C[C@]1(CCc2ccccc2)NC(=O)N(CCOc2cccc(Cl)c2)C1=O. The zero-order valence-corrected chi connectivity index (χ0v) is 15.3. The summed E-state index contributed by atoms with van der Waals surface area (Å²) in [4.78, 5) is 26.2. The molecule has 0 spiro atoms. The molecule has 1 atom stereocenters. The summed E-state index contributed by atoms with van der Waals surface area (Å²) in [5, 5.41) is 3.39. The van der Waals surface area contributed by atoms with Crippen molar-refractivity contribution in [3.05, 3.63) is 65.2 Å². The lowest BCUT2D eigenvalue weighted by Crippen LogP contribution is -2.44. The summed E-state index contributed by atoms with van der Waals surface area (Å²) in [6.45, 7) is 2.18. The molecule has 1 saturated heterocycles. The Kier molecular flexibility index (Phi) is 5.47. The fourth-order valence-electron chi connectivity index (χ4n) is 2.97. The van der Waals surface area contributed by atoms with E-state index < -0.39 is 5.54 Å². The van der Waals surface area contributed by atoms with Crippen molar-refractivity contribution >= 4 is 23.5 Å². The Hall–Kier alpha value is -2.53. The molecule has 0 aliphatic carbocycles. The molecule has 26 heavy (non-hydrogen) atoms. The first-order chi connectivity index (χ1) is 12.5. The molecule has 0 saturated carbocycles. The first-order valence-electron chi connectivity index (χ1n) is 8.54. The Morgan fingerprint density at radius 2 is 1.88 bits per heavy atom. The largest absolute Gasteiger partial charge is 0.492 e. The van der Waals surface area contributed by atoms with Gasteiger partial charge >= 0.3 is 6.03 Å². The van der Waals surface area contributed by atoms with Gasteiger partial charge in [-0.3, -0.25) is 9.69 Å². The van der Waals surface area contributed by atoms with Gasteiger partial charge in [-0.15, -0.1) is 0 Å². The smallest absolute Gasteiger partial charge is 0.325 e. The molecule has 0 radical (unpaired) electrons. The number of urea groups is 1. The first-order valence-corrected chi connectivity index (χ1v) is 8.92. The maximum atomic E-state index is 12.7. The second-order valence-corrected chi connectivity index (χ2v) is 6.95. The number of ether oxygens (including phenoxy) is 1. The molecule has 0 bridgehead atoms. The Morgan fingerprint density at radius 1 is 1.12 bits per heavy atom. The molecule has 1 fully saturated rings. The number of nitrogens with one attached hydrogen (secondary N) is 1. The van der Waals surface area contributed by atoms with Crippen molar-refractivity contribution in [1.29, 1.82) is 0 Å². The highest BCUT2D eigenvalue weighted by Gasteiger charge is 2.47. The second-order valence-electron chi connectivity index (χ2n) is 6.51. The number of rotatable bonds is 7. The van der Waals surface area contributed by atoms with Gasteiger partial charge in [-0.2, -0.15) is 0 Å². The molecular weight excluding hydrogens is 352 g/mol. The quantitative estimate of drug-likeness (QED) is 0.754. The minimum Gasteiger partial charge on any atom is -0.492 e. The van der Waals surface area contributed by atoms with Crippen LogP contribution in [0.3, 0.4) is 0 Å². The lowest BCUT2D eigenvalue weighted by atomic mass is 9.93. The third-order valence-electron chi connectivity index (χ3n) is 4.48. The Morgan fingerprint density at radius 3 is 2.62 bits per heavy atom. The molecule has 3 rings (SSSR count). The number of benzene rings is 2. The van der Waals surface area contributed by atoms with Crippen LogP contribution in [0.1, 0.15) is 18.9 Å². The first kappa shape index (κ1) is 18.3. The molecule has 1 aliphatic rings. The third-order valence-corrected chi connectivity index (χ3v) is 4.72. The molecule has 2 aromatic carbocycles. The van der Waals surface area contributed by atoms with Crippen LogP contribution in [0.15, 0.2) is 54.6 Å². The molecule has 6 heteroatoms. The minimum absolute atomic E-state index is 0.193. The van der Waals surface area contributed by atoms with Crippen LogP contribution in [0.25, 0.3) is 0 Å². The van der Waals surface area contributed by atoms with Crippen LogP contribution in [-0.2, 0) is 11.2 Å². The molecular formula is C20H21ClN2O3. The zero-order valence-electron chi connectivity index (χ0n) is 14.6. The Balaban J connectivity index is 1.55. The number of nitrogens with zero attached hydrogens (tertiary/aromatic N) is 1. The number of halogens is 1. The van der Waals surface area contributed by atoms with E-state index in [1.54, 1.807) is 31.2 Å². The average molecular weight is 373 g/mol. The molecule has 0 aromatic heterocycles. The second kappa shape index (κ2) is 7.79. The van der Waals surface area contributed by atoms with Crippen LogP contribution in [0.2, 0.25) is 5.02 Å². The fraction of sp³-hybridized carbons (Fsp3) is 0.300. The van der Waals surface area contributed by atoms with Gasteiger partial charge < -0.3 is 10.1 Å². The molecule has 1 aliphatic heterocycles. The van der Waals surface area contributed by atoms with Gasteiger partial charge in [-0.1, -0.05) is 48.0 Å². The van der Waals surface area contributed by atoms with Crippen LogP contribution in [-0.4, -0.2) is 35.5 Å². The average Bonchev–Trinajstić information content (AvgIpc) is 2.84. The van der Waals surface area contributed by atoms with Crippen molar-refractivity contribution in [2.75, 3.05) is 13.2 Å². The number of imide groups is 1. The third kappa shape index (κ3) is 4.17. The van der Waals surface area contributed by atoms with Crippen LogP contribution in [0, 0.1) is 0 Å². The van der Waals surface area contributed by atoms with Crippen molar-refractivity contribution < 1.29 is 14.3 Å². The standard InChI is InChI=1S/C20H21ClN2O3/c1-20(11-10-15-6-3-2-4-7-15)18(24)23(19(25)22-20)12-13-26-17-9-5-8-16(21)14-17/h2-9,14H,10-13H2,1H3,(H,22,25)/t20-/m1/s1. The molecule has 0 unspecified atom stereocenters. The van der Waals surface area contributed by atoms with Crippen LogP contribution in [0.4, 0.5) is 4.79 Å². The van der Waals surface area contributed by atoms with Gasteiger partial charge in [0.2, 0.25) is 0 Å². The van der Waals surface area contributed by atoms with Gasteiger partial charge in [0.1, 0.15) is 17.9 Å². The molecule has 136 valence electrons. The maximum absolute atomic E-state index is 12.7. The van der Waals surface area contributed by atoms with E-state index in [0.29, 0.717) is 17.2 Å². The molecule has 1 N–H and O–H groups in total. The maximum Gasteiger partial charge on any atom is 0.325 e. The summed E-state index contributed by atoms with van der Waals surface area (Å²) in [5.41, 5.74) is 0.252. The lowest BCUT2D eigenvalue weighted by Gasteiger charge is -2.21. The number of hydrogen-bond donors (Lipinski definition) is 1. The monoisotopic (exact) mass is 372 g/mol. The van der Waals surface area contributed by atoms with E-state index in [2.05, 4.69) is 5.32 Å². The van der Waals surface area contributed by atoms with Gasteiger partial charge in [-0.25, -0.2) is 4.79 Å². The van der Waals surface area contributed by atoms with Crippen molar-refractivity contribution in [3.8, 4) is 5.75 Å². The van der Waals surface area contributed by atoms with E-state index in [4.69, 9.17) is 16.3 Å². The van der Waals surface area contributed by atoms with Crippen molar-refractivity contribution in [3.63, 3.8) is 0 Å². The van der Waals surface area contributed by atoms with E-state index in [1.165, 1.54) is 4.90 Å². The summed E-state index contributed by atoms with van der Waals surface area (Å²) in [6.07, 6.45) is 1.27. The number of hydrogen-bond acceptors (Lipinski definition) is 3. The molecule has 3 amide bonds. The van der Waals surface area contributed by atoms with Gasteiger partial charge in [0.25, 0.3) is 5.91 Å². The summed E-state index contributed by atoms with van der Waals surface area (Å²) in [7, 11) is 0. The number of carbonyl (C=O) groups excluding carboxylic acids is 2. The normalized spacial score (nSPS) is 19.5. The number of carbonyl (C=O) groups is 2. The van der Waals surface area contributed by atoms with Gasteiger partial charge in [0, 0.05) is 5.02 Å². The molecule has 5 nitrogen and oxygen atoms in total. The highest BCUT2D eigenvalue weighted by Crippen LogP contribution is 2.23. The topological polar surface area (TPSA) is 58.6 Å². The van der Waals surface area contributed by atoms with Crippen molar-refractivity contribution in [2.24, 2.45) is 0 Å². The van der Waals surface area contributed by atoms with Crippen molar-refractivity contribution in [1.82, 2.24) is 10.2 Å². The predicted molar refractivity (Wildman–Crippen MR) is 100 cm³/mol. The van der Waals surface area contributed by atoms with Crippen molar-refractivity contribution in [2.45, 2.75) is 25.3 Å². The fourth-order valence-corrected chi connectivity index (χ4v) is 3.15. The summed E-state index contributed by atoms with van der Waals surface area (Å²) >= 11 is 5.91. The zero-order chi connectivity index (χ0) is 18.6. The minimum atomic E-state index is -0.886. The van der Waals surface area contributed by atoms with Gasteiger partial charge in [0.15, 0.2) is 0 Å². The predicted octanol–water partition coefficient (Wildman–Crippen LogP) is 3.66. The Bertz CT molecular complexity index is 797. The Labute approximate surface area is 157 Å². The van der Waals surface area contributed by atoms with Gasteiger partial charge in [-0.05, 0) is 43.5 Å². The van der Waals surface area contributed by atoms with E-state index >= 15 is 0 Å². The van der Waals surface area contributed by atoms with E-state index in [-0.39, 0.29) is 25.1 Å². The summed E-state index contributed by atoms with van der Waals surface area (Å²) in [5.74, 6) is 0.393. The summed E-state index contributed by atoms with van der Waals surface area (Å²) in [6, 6.07) is 16.5. The van der Waals surface area contributed by atoms with E-state index in [1.807, 2.05) is 30.3 Å². The molecule has 2 aromatic rings. The van der Waals surface area contributed by atoms with Crippen LogP contribution in [0.5, 0.6) is 5.75 Å². The van der Waals surface area contributed by atoms with Crippen LogP contribution < -0.4 is 10.1 Å². The summed E-state index contributed by atoms with van der Waals surface area (Å²) < 4.78 is 5.58. The highest BCUT2D eigenvalue weighted by atomic mass is 35.5. The van der Waals surface area contributed by atoms with Gasteiger partial charge in [0.05, 0.1) is 6.54 Å². The lowest BCUT2D eigenvalue weighted by molar-refractivity contribution is -0.131. The number of amides is 3. The van der Waals surface area contributed by atoms with Crippen LogP contribution >= 0.6 is 11.6 Å². The molecule has 1 heterocycles. The number of aryl methyl sites for hydroxylation is 1. The highest BCUT2D eigenvalue weighted by molar-refractivity contribution is 6.30.